The lowest BCUT2D eigenvalue weighted by Crippen LogP contribution is -2.26. The summed E-state index contributed by atoms with van der Waals surface area (Å²) in [7, 11) is 0. The summed E-state index contributed by atoms with van der Waals surface area (Å²) in [5.41, 5.74) is 2.36. The van der Waals surface area contributed by atoms with Crippen molar-refractivity contribution in [3.63, 3.8) is 0 Å². The summed E-state index contributed by atoms with van der Waals surface area (Å²) in [6, 6.07) is 17.4. The van der Waals surface area contributed by atoms with Crippen molar-refractivity contribution in [3.8, 4) is 10.4 Å². The number of rotatable bonds is 8. The molecule has 31 heavy (non-hydrogen) atoms. The topological polar surface area (TPSA) is 76.9 Å². The van der Waals surface area contributed by atoms with Crippen LogP contribution in [0.3, 0.4) is 0 Å². The van der Waals surface area contributed by atoms with Crippen LogP contribution in [0.25, 0.3) is 20.7 Å². The number of allylic oxidation sites excluding steroid dienone is 1. The van der Waals surface area contributed by atoms with Gasteiger partial charge in [0, 0.05) is 17.6 Å². The van der Waals surface area contributed by atoms with E-state index in [1.807, 2.05) is 54.6 Å². The Labute approximate surface area is 187 Å². The molecule has 0 saturated heterocycles. The highest BCUT2D eigenvalue weighted by atomic mass is 32.2. The van der Waals surface area contributed by atoms with Gasteiger partial charge in [-0.3, -0.25) is 19.1 Å². The molecule has 6 nitrogen and oxygen atoms in total. The van der Waals surface area contributed by atoms with E-state index in [9.17, 15) is 9.59 Å². The van der Waals surface area contributed by atoms with Crippen LogP contribution < -0.4 is 10.9 Å². The lowest BCUT2D eigenvalue weighted by atomic mass is 10.2. The van der Waals surface area contributed by atoms with Gasteiger partial charge in [-0.05, 0) is 23.8 Å². The molecule has 0 aliphatic heterocycles. The van der Waals surface area contributed by atoms with Gasteiger partial charge in [0.1, 0.15) is 4.70 Å². The number of thioether (sulfide) groups is 1. The average Bonchev–Trinajstić information content (AvgIpc) is 3.24. The van der Waals surface area contributed by atoms with Crippen molar-refractivity contribution in [2.75, 3.05) is 5.75 Å². The van der Waals surface area contributed by atoms with Crippen LogP contribution in [0.15, 0.2) is 83.4 Å². The molecule has 0 atom stereocenters. The minimum atomic E-state index is -0.148. The van der Waals surface area contributed by atoms with Gasteiger partial charge in [0.15, 0.2) is 5.16 Å². The van der Waals surface area contributed by atoms with Crippen LogP contribution in [-0.2, 0) is 17.9 Å². The minimum Gasteiger partial charge on any atom is -0.350 e. The molecule has 3 heterocycles. The molecule has 0 fully saturated rings. The summed E-state index contributed by atoms with van der Waals surface area (Å²) < 4.78 is 2.17. The first kappa shape index (κ1) is 21.0. The highest BCUT2D eigenvalue weighted by Crippen LogP contribution is 2.31. The Kier molecular flexibility index (Phi) is 6.59. The second-order valence-corrected chi connectivity index (χ2v) is 8.67. The fourth-order valence-electron chi connectivity index (χ4n) is 3.01. The van der Waals surface area contributed by atoms with E-state index in [4.69, 9.17) is 0 Å². The molecule has 0 spiro atoms. The van der Waals surface area contributed by atoms with Gasteiger partial charge < -0.3 is 5.32 Å². The summed E-state index contributed by atoms with van der Waals surface area (Å²) in [5.74, 6) is 0.00266. The van der Waals surface area contributed by atoms with Crippen LogP contribution in [-0.4, -0.2) is 26.2 Å². The number of hydrogen-bond donors (Lipinski definition) is 1. The summed E-state index contributed by atoms with van der Waals surface area (Å²) in [4.78, 5) is 35.3. The number of thiophene rings is 1. The molecule has 4 rings (SSSR count). The van der Waals surface area contributed by atoms with Gasteiger partial charge in [0.05, 0.1) is 23.5 Å². The zero-order valence-electron chi connectivity index (χ0n) is 16.7. The molecule has 0 aliphatic carbocycles. The zero-order chi connectivity index (χ0) is 21.6. The number of pyridine rings is 1. The molecule has 1 aromatic carbocycles. The Morgan fingerprint density at radius 1 is 1.19 bits per heavy atom. The molecule has 8 heteroatoms. The van der Waals surface area contributed by atoms with Crippen molar-refractivity contribution in [1.82, 2.24) is 19.9 Å². The monoisotopic (exact) mass is 448 g/mol. The van der Waals surface area contributed by atoms with E-state index in [2.05, 4.69) is 21.9 Å². The van der Waals surface area contributed by atoms with E-state index in [1.165, 1.54) is 23.1 Å². The maximum atomic E-state index is 13.1. The second kappa shape index (κ2) is 9.72. The number of hydrogen-bond acceptors (Lipinski definition) is 6. The summed E-state index contributed by atoms with van der Waals surface area (Å²) >= 11 is 2.67. The first-order chi connectivity index (χ1) is 15.2. The molecule has 4 aromatic rings. The van der Waals surface area contributed by atoms with Gasteiger partial charge in [0.25, 0.3) is 5.56 Å². The van der Waals surface area contributed by atoms with E-state index in [0.717, 1.165) is 16.1 Å². The summed E-state index contributed by atoms with van der Waals surface area (Å²) in [6.07, 6.45) is 3.35. The predicted molar refractivity (Wildman–Crippen MR) is 126 cm³/mol. The first-order valence-electron chi connectivity index (χ1n) is 9.66. The Morgan fingerprint density at radius 3 is 2.74 bits per heavy atom. The van der Waals surface area contributed by atoms with Crippen LogP contribution >= 0.6 is 23.1 Å². The van der Waals surface area contributed by atoms with Crippen molar-refractivity contribution >= 4 is 39.2 Å². The maximum Gasteiger partial charge on any atom is 0.272 e. The van der Waals surface area contributed by atoms with Crippen LogP contribution in [0, 0.1) is 0 Å². The molecule has 0 saturated carbocycles. The molecule has 1 N–H and O–H groups in total. The SMILES string of the molecule is C=CCn1c(SCC(=O)NCc2ccccn2)nc2cc(-c3ccccc3)sc2c1=O. The molecular weight excluding hydrogens is 428 g/mol. The van der Waals surface area contributed by atoms with Crippen molar-refractivity contribution in [2.45, 2.75) is 18.2 Å². The third kappa shape index (κ3) is 4.92. The van der Waals surface area contributed by atoms with Gasteiger partial charge in [-0.25, -0.2) is 4.98 Å². The number of amides is 1. The van der Waals surface area contributed by atoms with Crippen molar-refractivity contribution in [1.29, 1.82) is 0 Å². The highest BCUT2D eigenvalue weighted by Gasteiger charge is 2.16. The molecule has 0 unspecified atom stereocenters. The highest BCUT2D eigenvalue weighted by molar-refractivity contribution is 7.99. The van der Waals surface area contributed by atoms with Crippen LogP contribution in [0.1, 0.15) is 5.69 Å². The molecule has 1 amide bonds. The molecule has 0 aliphatic rings. The maximum absolute atomic E-state index is 13.1. The largest absolute Gasteiger partial charge is 0.350 e. The second-order valence-electron chi connectivity index (χ2n) is 6.68. The summed E-state index contributed by atoms with van der Waals surface area (Å²) in [6.45, 7) is 4.44. The van der Waals surface area contributed by atoms with Gasteiger partial charge in [0.2, 0.25) is 5.91 Å². The van der Waals surface area contributed by atoms with Crippen molar-refractivity contribution in [2.24, 2.45) is 0 Å². The smallest absolute Gasteiger partial charge is 0.272 e. The Hall–Kier alpha value is -3.23. The van der Waals surface area contributed by atoms with E-state index < -0.39 is 0 Å². The predicted octanol–water partition coefficient (Wildman–Crippen LogP) is 4.11. The van der Waals surface area contributed by atoms with E-state index in [1.54, 1.807) is 16.8 Å². The van der Waals surface area contributed by atoms with Gasteiger partial charge in [-0.15, -0.1) is 17.9 Å². The normalized spacial score (nSPS) is 10.8. The Bertz CT molecular complexity index is 1270. The lowest BCUT2D eigenvalue weighted by Gasteiger charge is -2.10. The number of carbonyl (C=O) groups excluding carboxylic acids is 1. The van der Waals surface area contributed by atoms with Crippen LogP contribution in [0.4, 0.5) is 0 Å². The molecule has 0 radical (unpaired) electrons. The van der Waals surface area contributed by atoms with Gasteiger partial charge in [-0.2, -0.15) is 0 Å². The molecular formula is C23H20N4O2S2. The van der Waals surface area contributed by atoms with Gasteiger partial charge >= 0.3 is 0 Å². The van der Waals surface area contributed by atoms with Crippen LogP contribution in [0.5, 0.6) is 0 Å². The molecule has 156 valence electrons. The lowest BCUT2D eigenvalue weighted by molar-refractivity contribution is -0.118. The number of aromatic nitrogens is 3. The molecule has 3 aromatic heterocycles. The third-order valence-corrected chi connectivity index (χ3v) is 6.63. The number of nitrogens with one attached hydrogen (secondary N) is 1. The standard InChI is InChI=1S/C23H20N4O2S2/c1-2-12-27-22(29)21-18(13-19(31-21)16-8-4-3-5-9-16)26-23(27)30-15-20(28)25-14-17-10-6-7-11-24-17/h2-11,13H,1,12,14-15H2,(H,25,28). The zero-order valence-corrected chi connectivity index (χ0v) is 18.3. The Morgan fingerprint density at radius 2 is 2.00 bits per heavy atom. The third-order valence-electron chi connectivity index (χ3n) is 4.49. The van der Waals surface area contributed by atoms with E-state index in [0.29, 0.717) is 28.5 Å². The quantitative estimate of drug-likeness (QED) is 0.249. The minimum absolute atomic E-state index is 0.117. The number of benzene rings is 1. The fraction of sp³-hybridized carbons (Fsp3) is 0.130. The number of nitrogens with zero attached hydrogens (tertiary/aromatic N) is 3. The average molecular weight is 449 g/mol. The van der Waals surface area contributed by atoms with E-state index >= 15 is 0 Å². The fourth-order valence-corrected chi connectivity index (χ4v) is 4.90. The molecule has 0 bridgehead atoms. The summed E-state index contributed by atoms with van der Waals surface area (Å²) in [5, 5.41) is 3.35. The van der Waals surface area contributed by atoms with Crippen molar-refractivity contribution < 1.29 is 4.79 Å². The van der Waals surface area contributed by atoms with E-state index in [-0.39, 0.29) is 17.2 Å². The number of fused-ring (bicyclic) bond motifs is 1. The first-order valence-corrected chi connectivity index (χ1v) is 11.5. The van der Waals surface area contributed by atoms with Crippen LogP contribution in [0.2, 0.25) is 0 Å². The van der Waals surface area contributed by atoms with Gasteiger partial charge in [-0.1, -0.05) is 54.2 Å². The number of carbonyl (C=O) groups is 1. The Balaban J connectivity index is 1.56. The van der Waals surface area contributed by atoms with Crippen molar-refractivity contribution in [3.05, 3.63) is 89.5 Å².